The number of H-pyrrole nitrogens is 1. The molecule has 7 heteroatoms. The molecule has 1 aliphatic heterocycles. The van der Waals surface area contributed by atoms with Gasteiger partial charge in [0.1, 0.15) is 23.8 Å². The Morgan fingerprint density at radius 2 is 2.12 bits per heavy atom. The van der Waals surface area contributed by atoms with E-state index in [2.05, 4.69) is 15.1 Å². The lowest BCUT2D eigenvalue weighted by atomic mass is 10.1. The van der Waals surface area contributed by atoms with E-state index in [-0.39, 0.29) is 19.0 Å². The van der Waals surface area contributed by atoms with Crippen molar-refractivity contribution in [3.63, 3.8) is 0 Å². The average molecular weight is 349 g/mol. The van der Waals surface area contributed by atoms with Crippen LogP contribution in [0.1, 0.15) is 17.0 Å². The molecule has 0 saturated carbocycles. The summed E-state index contributed by atoms with van der Waals surface area (Å²) in [6.07, 6.45) is 0. The minimum absolute atomic E-state index is 0.0818. The highest BCUT2D eigenvalue weighted by molar-refractivity contribution is 5.23. The van der Waals surface area contributed by atoms with Crippen LogP contribution in [0.3, 0.4) is 0 Å². The molecule has 0 spiro atoms. The van der Waals surface area contributed by atoms with Crippen LogP contribution in [0, 0.1) is 19.7 Å². The number of β-amino-alcohol motifs (C(OH)–C–C–N with tert-alkyl or cyclic N) is 1. The predicted octanol–water partition coefficient (Wildman–Crippen LogP) is 1.81. The van der Waals surface area contributed by atoms with Crippen LogP contribution >= 0.6 is 0 Å². The monoisotopic (exact) mass is 349 g/mol. The fraction of sp³-hybridized carbons (Fsp3) is 0.500. The molecule has 0 radical (unpaired) electrons. The van der Waals surface area contributed by atoms with Crippen LogP contribution < -0.4 is 4.74 Å². The number of rotatable bonds is 5. The highest BCUT2D eigenvalue weighted by Gasteiger charge is 2.34. The molecular formula is C18H24FN3O3. The highest BCUT2D eigenvalue weighted by Crippen LogP contribution is 2.20. The minimum Gasteiger partial charge on any atom is -0.490 e. The van der Waals surface area contributed by atoms with Crippen LogP contribution in [0.25, 0.3) is 0 Å². The zero-order chi connectivity index (χ0) is 17.9. The Morgan fingerprint density at radius 1 is 1.36 bits per heavy atom. The van der Waals surface area contributed by atoms with Crippen molar-refractivity contribution in [2.75, 3.05) is 32.9 Å². The summed E-state index contributed by atoms with van der Waals surface area (Å²) in [4.78, 5) is 2.14. The number of nitrogens with zero attached hydrogens (tertiary/aromatic N) is 2. The van der Waals surface area contributed by atoms with Gasteiger partial charge in [-0.15, -0.1) is 0 Å². The molecule has 1 fully saturated rings. The number of halogens is 1. The molecule has 3 rings (SSSR count). The Labute approximate surface area is 146 Å². The molecule has 1 saturated heterocycles. The Bertz CT molecular complexity index is 685. The summed E-state index contributed by atoms with van der Waals surface area (Å²) >= 11 is 0. The molecule has 136 valence electrons. The van der Waals surface area contributed by atoms with E-state index >= 15 is 0 Å². The fourth-order valence-electron chi connectivity index (χ4n) is 3.00. The summed E-state index contributed by atoms with van der Waals surface area (Å²) in [5.74, 6) is 0.202. The van der Waals surface area contributed by atoms with Crippen molar-refractivity contribution in [3.8, 4) is 5.75 Å². The van der Waals surface area contributed by atoms with Gasteiger partial charge in [-0.1, -0.05) is 0 Å². The van der Waals surface area contributed by atoms with Crippen molar-refractivity contribution in [3.05, 3.63) is 47.0 Å². The molecule has 25 heavy (non-hydrogen) atoms. The Hall–Kier alpha value is -1.96. The van der Waals surface area contributed by atoms with Gasteiger partial charge in [0.05, 0.1) is 18.9 Å². The lowest BCUT2D eigenvalue weighted by Gasteiger charge is -2.30. The first kappa shape index (κ1) is 17.8. The molecule has 0 aliphatic carbocycles. The van der Waals surface area contributed by atoms with E-state index in [1.54, 1.807) is 12.1 Å². The minimum atomic E-state index is -1.13. The SMILES string of the molecule is Cc1n[nH]c(C)c1CN1CCOC[C@](O)(COc2ccc(F)cc2)C1. The van der Waals surface area contributed by atoms with E-state index in [4.69, 9.17) is 9.47 Å². The first-order valence-corrected chi connectivity index (χ1v) is 8.36. The molecule has 1 aromatic carbocycles. The molecule has 2 N–H and O–H groups in total. The Balaban J connectivity index is 1.64. The van der Waals surface area contributed by atoms with E-state index < -0.39 is 5.60 Å². The summed E-state index contributed by atoms with van der Waals surface area (Å²) in [6.45, 7) is 6.64. The second kappa shape index (κ2) is 7.51. The van der Waals surface area contributed by atoms with Gasteiger partial charge in [-0.3, -0.25) is 10.00 Å². The normalized spacial score (nSPS) is 21.9. The Kier molecular flexibility index (Phi) is 5.36. The second-order valence-corrected chi connectivity index (χ2v) is 6.64. The zero-order valence-corrected chi connectivity index (χ0v) is 14.6. The van der Waals surface area contributed by atoms with Gasteiger partial charge in [-0.05, 0) is 38.1 Å². The maximum atomic E-state index is 13.0. The van der Waals surface area contributed by atoms with Crippen molar-refractivity contribution in [1.29, 1.82) is 0 Å². The third-order valence-electron chi connectivity index (χ3n) is 4.42. The molecule has 0 amide bonds. The number of hydrogen-bond donors (Lipinski definition) is 2. The number of aryl methyl sites for hydroxylation is 2. The van der Waals surface area contributed by atoms with Crippen molar-refractivity contribution in [1.82, 2.24) is 15.1 Å². The van der Waals surface area contributed by atoms with Gasteiger partial charge >= 0.3 is 0 Å². The van der Waals surface area contributed by atoms with E-state index in [0.29, 0.717) is 25.4 Å². The van der Waals surface area contributed by atoms with Crippen LogP contribution in [0.4, 0.5) is 4.39 Å². The summed E-state index contributed by atoms with van der Waals surface area (Å²) < 4.78 is 24.2. The van der Waals surface area contributed by atoms with E-state index in [0.717, 1.165) is 23.5 Å². The molecule has 0 bridgehead atoms. The van der Waals surface area contributed by atoms with E-state index in [1.165, 1.54) is 12.1 Å². The molecule has 0 unspecified atom stereocenters. The van der Waals surface area contributed by atoms with E-state index in [9.17, 15) is 9.50 Å². The maximum Gasteiger partial charge on any atom is 0.134 e. The van der Waals surface area contributed by atoms with Gasteiger partial charge in [-0.2, -0.15) is 5.10 Å². The van der Waals surface area contributed by atoms with Crippen molar-refractivity contribution < 1.29 is 19.0 Å². The zero-order valence-electron chi connectivity index (χ0n) is 14.6. The van der Waals surface area contributed by atoms with Crippen LogP contribution in [-0.2, 0) is 11.3 Å². The topological polar surface area (TPSA) is 70.6 Å². The standard InChI is InChI=1S/C18H24FN3O3/c1-13-17(14(2)21-20-13)9-22-7-8-24-11-18(23,10-22)12-25-16-5-3-15(19)4-6-16/h3-6,23H,7-12H2,1-2H3,(H,20,21)/t18-/m0/s1. The summed E-state index contributed by atoms with van der Waals surface area (Å²) in [6, 6.07) is 5.76. The number of aromatic nitrogens is 2. The predicted molar refractivity (Wildman–Crippen MR) is 91.0 cm³/mol. The van der Waals surface area contributed by atoms with Gasteiger partial charge in [0.25, 0.3) is 0 Å². The van der Waals surface area contributed by atoms with Gasteiger partial charge in [-0.25, -0.2) is 4.39 Å². The van der Waals surface area contributed by atoms with Crippen molar-refractivity contribution >= 4 is 0 Å². The third-order valence-corrected chi connectivity index (χ3v) is 4.42. The first-order chi connectivity index (χ1) is 12.0. The van der Waals surface area contributed by atoms with Gasteiger partial charge in [0.15, 0.2) is 0 Å². The number of ether oxygens (including phenoxy) is 2. The van der Waals surface area contributed by atoms with Gasteiger partial charge in [0, 0.05) is 30.9 Å². The number of aromatic amines is 1. The van der Waals surface area contributed by atoms with Crippen molar-refractivity contribution in [2.24, 2.45) is 0 Å². The molecule has 2 aromatic rings. The second-order valence-electron chi connectivity index (χ2n) is 6.64. The van der Waals surface area contributed by atoms with Crippen LogP contribution in [0.2, 0.25) is 0 Å². The molecule has 2 heterocycles. The molecular weight excluding hydrogens is 325 g/mol. The summed E-state index contributed by atoms with van der Waals surface area (Å²) in [5.41, 5.74) is 2.02. The summed E-state index contributed by atoms with van der Waals surface area (Å²) in [7, 11) is 0. The lowest BCUT2D eigenvalue weighted by molar-refractivity contribution is -0.0647. The fourth-order valence-corrected chi connectivity index (χ4v) is 3.00. The smallest absolute Gasteiger partial charge is 0.134 e. The highest BCUT2D eigenvalue weighted by atomic mass is 19.1. The molecule has 1 aliphatic rings. The number of nitrogens with one attached hydrogen (secondary N) is 1. The molecule has 6 nitrogen and oxygen atoms in total. The van der Waals surface area contributed by atoms with Gasteiger partial charge in [0.2, 0.25) is 0 Å². The number of aliphatic hydroxyl groups is 1. The van der Waals surface area contributed by atoms with Crippen LogP contribution in [-0.4, -0.2) is 58.7 Å². The number of benzene rings is 1. The average Bonchev–Trinajstić information content (AvgIpc) is 2.79. The quantitative estimate of drug-likeness (QED) is 0.861. The van der Waals surface area contributed by atoms with Crippen molar-refractivity contribution in [2.45, 2.75) is 26.0 Å². The molecule has 1 aromatic heterocycles. The summed E-state index contributed by atoms with van der Waals surface area (Å²) in [5, 5.41) is 18.1. The van der Waals surface area contributed by atoms with Crippen LogP contribution in [0.15, 0.2) is 24.3 Å². The maximum absolute atomic E-state index is 13.0. The molecule has 1 atom stereocenters. The van der Waals surface area contributed by atoms with Crippen LogP contribution in [0.5, 0.6) is 5.75 Å². The Morgan fingerprint density at radius 3 is 2.80 bits per heavy atom. The lowest BCUT2D eigenvalue weighted by Crippen LogP contribution is -2.48. The first-order valence-electron chi connectivity index (χ1n) is 8.36. The number of hydrogen-bond acceptors (Lipinski definition) is 5. The van der Waals surface area contributed by atoms with E-state index in [1.807, 2.05) is 13.8 Å². The largest absolute Gasteiger partial charge is 0.490 e. The third kappa shape index (κ3) is 4.56. The van der Waals surface area contributed by atoms with Gasteiger partial charge < -0.3 is 14.6 Å².